The SMILES string of the molecule is CCN(CC)C(=O)C(C)Nc1nc(C)no1. The summed E-state index contributed by atoms with van der Waals surface area (Å²) in [4.78, 5) is 17.6. The lowest BCUT2D eigenvalue weighted by molar-refractivity contribution is -0.131. The standard InChI is InChI=1S/C10H18N4O2/c1-5-14(6-2)9(15)7(3)11-10-12-8(4)13-16-10/h7H,5-6H2,1-4H3,(H,11,12,13). The molecule has 0 radical (unpaired) electrons. The van der Waals surface area contributed by atoms with Gasteiger partial charge in [-0.1, -0.05) is 5.16 Å². The largest absolute Gasteiger partial charge is 0.341 e. The van der Waals surface area contributed by atoms with Crippen molar-refractivity contribution in [3.8, 4) is 0 Å². The van der Waals surface area contributed by atoms with Crippen LogP contribution < -0.4 is 5.32 Å². The first-order valence-electron chi connectivity index (χ1n) is 5.44. The number of nitrogens with zero attached hydrogens (tertiary/aromatic N) is 3. The molecule has 0 aliphatic rings. The Morgan fingerprint density at radius 1 is 1.50 bits per heavy atom. The van der Waals surface area contributed by atoms with E-state index < -0.39 is 0 Å². The molecule has 90 valence electrons. The van der Waals surface area contributed by atoms with Crippen molar-refractivity contribution >= 4 is 11.9 Å². The lowest BCUT2D eigenvalue weighted by Gasteiger charge is -2.22. The topological polar surface area (TPSA) is 71.3 Å². The number of rotatable bonds is 5. The van der Waals surface area contributed by atoms with Gasteiger partial charge < -0.3 is 14.7 Å². The number of hydrogen-bond acceptors (Lipinski definition) is 5. The lowest BCUT2D eigenvalue weighted by Crippen LogP contribution is -2.41. The minimum absolute atomic E-state index is 0.0286. The molecule has 1 heterocycles. The van der Waals surface area contributed by atoms with Crippen LogP contribution in [0.5, 0.6) is 0 Å². The average Bonchev–Trinajstić information content (AvgIpc) is 2.65. The first-order valence-corrected chi connectivity index (χ1v) is 5.44. The van der Waals surface area contributed by atoms with Crippen molar-refractivity contribution in [3.63, 3.8) is 0 Å². The zero-order valence-corrected chi connectivity index (χ0v) is 10.1. The smallest absolute Gasteiger partial charge is 0.322 e. The van der Waals surface area contributed by atoms with Crippen molar-refractivity contribution in [3.05, 3.63) is 5.82 Å². The molecule has 0 spiro atoms. The molecule has 0 saturated carbocycles. The van der Waals surface area contributed by atoms with Gasteiger partial charge in [-0.2, -0.15) is 4.98 Å². The number of anilines is 1. The number of amides is 1. The van der Waals surface area contributed by atoms with Crippen molar-refractivity contribution in [2.24, 2.45) is 0 Å². The van der Waals surface area contributed by atoms with Crippen LogP contribution in [0.25, 0.3) is 0 Å². The van der Waals surface area contributed by atoms with E-state index in [9.17, 15) is 4.79 Å². The Morgan fingerprint density at radius 2 is 2.12 bits per heavy atom. The first kappa shape index (κ1) is 12.5. The molecule has 0 aromatic carbocycles. The third-order valence-electron chi connectivity index (χ3n) is 2.31. The van der Waals surface area contributed by atoms with Gasteiger partial charge >= 0.3 is 6.01 Å². The third-order valence-corrected chi connectivity index (χ3v) is 2.31. The van der Waals surface area contributed by atoms with Crippen molar-refractivity contribution in [2.75, 3.05) is 18.4 Å². The number of hydrogen-bond donors (Lipinski definition) is 1. The molecule has 6 nitrogen and oxygen atoms in total. The number of nitrogens with one attached hydrogen (secondary N) is 1. The van der Waals surface area contributed by atoms with E-state index in [-0.39, 0.29) is 18.0 Å². The highest BCUT2D eigenvalue weighted by Crippen LogP contribution is 2.06. The van der Waals surface area contributed by atoms with Crippen molar-refractivity contribution in [1.29, 1.82) is 0 Å². The summed E-state index contributed by atoms with van der Waals surface area (Å²) in [6.45, 7) is 8.80. The van der Waals surface area contributed by atoms with Crippen LogP contribution in [0.2, 0.25) is 0 Å². The number of aromatic nitrogens is 2. The van der Waals surface area contributed by atoms with Crippen LogP contribution in [0.1, 0.15) is 26.6 Å². The highest BCUT2D eigenvalue weighted by molar-refractivity contribution is 5.83. The van der Waals surface area contributed by atoms with Crippen LogP contribution in [0, 0.1) is 6.92 Å². The minimum atomic E-state index is -0.361. The van der Waals surface area contributed by atoms with Gasteiger partial charge in [0.2, 0.25) is 5.91 Å². The summed E-state index contributed by atoms with van der Waals surface area (Å²) < 4.78 is 4.89. The summed E-state index contributed by atoms with van der Waals surface area (Å²) in [6, 6.07) is -0.0785. The molecule has 1 aromatic rings. The maximum atomic E-state index is 11.9. The molecule has 1 aromatic heterocycles. The van der Waals surface area contributed by atoms with Crippen LogP contribution >= 0.6 is 0 Å². The molecule has 16 heavy (non-hydrogen) atoms. The summed E-state index contributed by atoms with van der Waals surface area (Å²) in [7, 11) is 0. The van der Waals surface area contributed by atoms with E-state index >= 15 is 0 Å². The Bertz CT molecular complexity index is 346. The summed E-state index contributed by atoms with van der Waals surface area (Å²) in [6.07, 6.45) is 0. The van der Waals surface area contributed by atoms with E-state index in [1.807, 2.05) is 13.8 Å². The Kier molecular flexibility index (Phi) is 4.28. The predicted octanol–water partition coefficient (Wildman–Crippen LogP) is 1.05. The van der Waals surface area contributed by atoms with E-state index in [0.29, 0.717) is 18.9 Å². The fourth-order valence-electron chi connectivity index (χ4n) is 1.41. The number of likely N-dealkylation sites (N-methyl/N-ethyl adjacent to an activating group) is 1. The summed E-state index contributed by atoms with van der Waals surface area (Å²) in [5.74, 6) is 0.575. The molecule has 1 N–H and O–H groups in total. The van der Waals surface area contributed by atoms with Crippen molar-refractivity contribution in [2.45, 2.75) is 33.7 Å². The minimum Gasteiger partial charge on any atom is -0.341 e. The van der Waals surface area contributed by atoms with Crippen LogP contribution in [0.3, 0.4) is 0 Å². The zero-order chi connectivity index (χ0) is 12.1. The van der Waals surface area contributed by atoms with Crippen LogP contribution in [0.4, 0.5) is 6.01 Å². The first-order chi connectivity index (χ1) is 7.58. The Balaban J connectivity index is 2.57. The maximum Gasteiger partial charge on any atom is 0.322 e. The fourth-order valence-corrected chi connectivity index (χ4v) is 1.41. The lowest BCUT2D eigenvalue weighted by atomic mass is 10.3. The second kappa shape index (κ2) is 5.48. The summed E-state index contributed by atoms with van der Waals surface area (Å²) in [5.41, 5.74) is 0. The molecule has 0 saturated heterocycles. The molecule has 1 amide bonds. The van der Waals surface area contributed by atoms with Gasteiger partial charge in [-0.3, -0.25) is 4.79 Å². The van der Waals surface area contributed by atoms with Crippen LogP contribution in [-0.4, -0.2) is 40.1 Å². The van der Waals surface area contributed by atoms with Crippen LogP contribution in [0.15, 0.2) is 4.52 Å². The predicted molar refractivity (Wildman–Crippen MR) is 60.0 cm³/mol. The Morgan fingerprint density at radius 3 is 2.56 bits per heavy atom. The normalized spacial score (nSPS) is 12.2. The van der Waals surface area contributed by atoms with E-state index in [4.69, 9.17) is 4.52 Å². The summed E-state index contributed by atoms with van der Waals surface area (Å²) in [5, 5.41) is 6.52. The third kappa shape index (κ3) is 2.95. The van der Waals surface area contributed by atoms with E-state index in [0.717, 1.165) is 0 Å². The second-order valence-electron chi connectivity index (χ2n) is 3.52. The second-order valence-corrected chi connectivity index (χ2v) is 3.52. The highest BCUT2D eigenvalue weighted by atomic mass is 16.5. The molecule has 1 rings (SSSR count). The maximum absolute atomic E-state index is 11.9. The van der Waals surface area contributed by atoms with E-state index in [1.165, 1.54) is 0 Å². The molecular formula is C10H18N4O2. The quantitative estimate of drug-likeness (QED) is 0.812. The van der Waals surface area contributed by atoms with Gasteiger partial charge in [-0.25, -0.2) is 0 Å². The van der Waals surface area contributed by atoms with Gasteiger partial charge in [0.15, 0.2) is 5.82 Å². The molecule has 1 atom stereocenters. The number of carbonyl (C=O) groups excluding carboxylic acids is 1. The fraction of sp³-hybridized carbons (Fsp3) is 0.700. The van der Waals surface area contributed by atoms with Gasteiger partial charge in [0, 0.05) is 13.1 Å². The van der Waals surface area contributed by atoms with Gasteiger partial charge in [0.05, 0.1) is 0 Å². The molecule has 1 unspecified atom stereocenters. The average molecular weight is 226 g/mol. The highest BCUT2D eigenvalue weighted by Gasteiger charge is 2.19. The monoisotopic (exact) mass is 226 g/mol. The van der Waals surface area contributed by atoms with Gasteiger partial charge in [0.1, 0.15) is 6.04 Å². The number of aryl methyl sites for hydroxylation is 1. The molecule has 0 bridgehead atoms. The molecular weight excluding hydrogens is 208 g/mol. The Hall–Kier alpha value is -1.59. The molecule has 0 aliphatic carbocycles. The van der Waals surface area contributed by atoms with Crippen molar-refractivity contribution < 1.29 is 9.32 Å². The van der Waals surface area contributed by atoms with Gasteiger partial charge in [0.25, 0.3) is 0 Å². The molecule has 6 heteroatoms. The summed E-state index contributed by atoms with van der Waals surface area (Å²) >= 11 is 0. The van der Waals surface area contributed by atoms with Gasteiger partial charge in [-0.15, -0.1) is 0 Å². The zero-order valence-electron chi connectivity index (χ0n) is 10.1. The van der Waals surface area contributed by atoms with E-state index in [2.05, 4.69) is 15.5 Å². The Labute approximate surface area is 95.0 Å². The number of carbonyl (C=O) groups is 1. The van der Waals surface area contributed by atoms with Gasteiger partial charge in [-0.05, 0) is 27.7 Å². The van der Waals surface area contributed by atoms with Crippen molar-refractivity contribution in [1.82, 2.24) is 15.0 Å². The van der Waals surface area contributed by atoms with Crippen LogP contribution in [-0.2, 0) is 4.79 Å². The molecule has 0 fully saturated rings. The van der Waals surface area contributed by atoms with E-state index in [1.54, 1.807) is 18.7 Å². The molecule has 0 aliphatic heterocycles.